The largest absolute Gasteiger partial charge is 0.473 e. The highest BCUT2D eigenvalue weighted by Gasteiger charge is 2.22. The van der Waals surface area contributed by atoms with Crippen molar-refractivity contribution in [2.45, 2.75) is 38.3 Å². The Morgan fingerprint density at radius 3 is 2.64 bits per heavy atom. The van der Waals surface area contributed by atoms with E-state index in [4.69, 9.17) is 4.74 Å². The number of aliphatic hydroxyl groups is 1. The first kappa shape index (κ1) is 17.4. The van der Waals surface area contributed by atoms with Crippen LogP contribution >= 0.6 is 0 Å². The van der Waals surface area contributed by atoms with Gasteiger partial charge in [-0.15, -0.1) is 0 Å². The van der Waals surface area contributed by atoms with E-state index < -0.39 is 0 Å². The summed E-state index contributed by atoms with van der Waals surface area (Å²) in [5.74, 6) is 0.729. The minimum absolute atomic E-state index is 0.0978. The number of nitrogens with zero attached hydrogens (tertiary/aromatic N) is 1. The van der Waals surface area contributed by atoms with Crippen LogP contribution in [0.5, 0.6) is 5.88 Å². The first-order valence-corrected chi connectivity index (χ1v) is 8.79. The van der Waals surface area contributed by atoms with E-state index in [1.54, 1.807) is 18.3 Å². The molecule has 0 bridgehead atoms. The maximum absolute atomic E-state index is 12.4. The van der Waals surface area contributed by atoms with Crippen LogP contribution in [0.4, 0.5) is 0 Å². The third-order valence-electron chi connectivity index (χ3n) is 4.67. The van der Waals surface area contributed by atoms with Gasteiger partial charge in [-0.3, -0.25) is 4.79 Å². The van der Waals surface area contributed by atoms with Gasteiger partial charge in [0.05, 0.1) is 0 Å². The van der Waals surface area contributed by atoms with E-state index >= 15 is 0 Å². The summed E-state index contributed by atoms with van der Waals surface area (Å²) in [6.45, 7) is 0.664. The molecule has 0 unspecified atom stereocenters. The van der Waals surface area contributed by atoms with Crippen LogP contribution in [0.15, 0.2) is 48.7 Å². The molecule has 2 aromatic rings. The normalized spacial score (nSPS) is 20.0. The Kier molecular flexibility index (Phi) is 6.01. The van der Waals surface area contributed by atoms with E-state index in [2.05, 4.69) is 10.3 Å². The minimum Gasteiger partial charge on any atom is -0.473 e. The van der Waals surface area contributed by atoms with Crippen LogP contribution in [-0.4, -0.2) is 28.6 Å². The highest BCUT2D eigenvalue weighted by molar-refractivity contribution is 5.94. The lowest BCUT2D eigenvalue weighted by Gasteiger charge is -2.27. The van der Waals surface area contributed by atoms with Crippen molar-refractivity contribution in [1.82, 2.24) is 10.3 Å². The number of ether oxygens (including phenoxy) is 1. The zero-order chi connectivity index (χ0) is 17.5. The van der Waals surface area contributed by atoms with Gasteiger partial charge in [0.2, 0.25) is 5.88 Å². The molecule has 5 heteroatoms. The number of rotatable bonds is 6. The molecule has 1 aromatic heterocycles. The molecule has 1 amide bonds. The Bertz CT molecular complexity index is 682. The third kappa shape index (κ3) is 5.03. The van der Waals surface area contributed by atoms with E-state index in [0.29, 0.717) is 24.0 Å². The van der Waals surface area contributed by atoms with Crippen molar-refractivity contribution >= 4 is 5.91 Å². The number of hydrogen-bond donors (Lipinski definition) is 2. The molecular formula is C20H24N2O3. The summed E-state index contributed by atoms with van der Waals surface area (Å²) in [5.41, 5.74) is 1.61. The number of pyridine rings is 1. The Morgan fingerprint density at radius 1 is 1.16 bits per heavy atom. The second-order valence-corrected chi connectivity index (χ2v) is 6.53. The molecule has 0 saturated heterocycles. The van der Waals surface area contributed by atoms with Gasteiger partial charge in [0, 0.05) is 30.5 Å². The van der Waals surface area contributed by atoms with Crippen molar-refractivity contribution in [3.05, 3.63) is 59.8 Å². The van der Waals surface area contributed by atoms with Gasteiger partial charge in [-0.05, 0) is 43.2 Å². The monoisotopic (exact) mass is 340 g/mol. The smallest absolute Gasteiger partial charge is 0.251 e. The quantitative estimate of drug-likeness (QED) is 0.848. The molecule has 1 fully saturated rings. The summed E-state index contributed by atoms with van der Waals surface area (Å²) < 4.78 is 5.68. The number of carbonyl (C=O) groups is 1. The van der Waals surface area contributed by atoms with Crippen molar-refractivity contribution in [2.75, 3.05) is 6.61 Å². The van der Waals surface area contributed by atoms with E-state index in [0.717, 1.165) is 31.2 Å². The summed E-state index contributed by atoms with van der Waals surface area (Å²) in [6.07, 6.45) is 5.35. The third-order valence-corrected chi connectivity index (χ3v) is 4.67. The summed E-state index contributed by atoms with van der Waals surface area (Å²) in [6, 6.07) is 13.4. The number of hydrogen-bond acceptors (Lipinski definition) is 4. The Balaban J connectivity index is 1.54. The molecule has 25 heavy (non-hydrogen) atoms. The number of aliphatic hydroxyl groups excluding tert-OH is 1. The highest BCUT2D eigenvalue weighted by Crippen LogP contribution is 2.24. The standard InChI is InChI=1S/C20H24N2O3/c23-13-15-6-8-18(9-7-15)22-20(24)17-10-11-21-19(12-17)25-14-16-4-2-1-3-5-16/h1-5,10-12,15,18,23H,6-9,13-14H2,(H,22,24). The van der Waals surface area contributed by atoms with Crippen molar-refractivity contribution in [3.63, 3.8) is 0 Å². The Hall–Kier alpha value is -2.40. The zero-order valence-corrected chi connectivity index (χ0v) is 14.2. The molecule has 0 aliphatic heterocycles. The van der Waals surface area contributed by atoms with Crippen molar-refractivity contribution in [3.8, 4) is 5.88 Å². The lowest BCUT2D eigenvalue weighted by Crippen LogP contribution is -2.38. The van der Waals surface area contributed by atoms with Crippen LogP contribution < -0.4 is 10.1 Å². The highest BCUT2D eigenvalue weighted by atomic mass is 16.5. The number of benzene rings is 1. The van der Waals surface area contributed by atoms with Gasteiger partial charge < -0.3 is 15.2 Å². The van der Waals surface area contributed by atoms with Crippen molar-refractivity contribution in [2.24, 2.45) is 5.92 Å². The van der Waals surface area contributed by atoms with E-state index in [1.165, 1.54) is 0 Å². The second kappa shape index (κ2) is 8.62. The topological polar surface area (TPSA) is 71.5 Å². The lowest BCUT2D eigenvalue weighted by molar-refractivity contribution is 0.0913. The number of aromatic nitrogens is 1. The molecule has 2 N–H and O–H groups in total. The fraction of sp³-hybridized carbons (Fsp3) is 0.400. The van der Waals surface area contributed by atoms with Crippen molar-refractivity contribution < 1.29 is 14.6 Å². The van der Waals surface area contributed by atoms with Gasteiger partial charge in [-0.2, -0.15) is 0 Å². The molecular weight excluding hydrogens is 316 g/mol. The van der Waals surface area contributed by atoms with Crippen LogP contribution in [0.1, 0.15) is 41.6 Å². The molecule has 1 heterocycles. The average Bonchev–Trinajstić information content (AvgIpc) is 2.68. The molecule has 0 spiro atoms. The van der Waals surface area contributed by atoms with Crippen molar-refractivity contribution in [1.29, 1.82) is 0 Å². The Labute approximate surface area is 148 Å². The van der Waals surface area contributed by atoms with Crippen LogP contribution in [-0.2, 0) is 6.61 Å². The van der Waals surface area contributed by atoms with Crippen LogP contribution in [0.2, 0.25) is 0 Å². The summed E-state index contributed by atoms with van der Waals surface area (Å²) in [5, 5.41) is 12.3. The lowest BCUT2D eigenvalue weighted by atomic mass is 9.86. The molecule has 1 aromatic carbocycles. The molecule has 1 aliphatic rings. The summed E-state index contributed by atoms with van der Waals surface area (Å²) in [7, 11) is 0. The van der Waals surface area contributed by atoms with E-state index in [1.807, 2.05) is 30.3 Å². The predicted molar refractivity (Wildman–Crippen MR) is 95.3 cm³/mol. The molecule has 1 aliphatic carbocycles. The van der Waals surface area contributed by atoms with Gasteiger partial charge in [-0.1, -0.05) is 30.3 Å². The fourth-order valence-corrected chi connectivity index (χ4v) is 3.12. The first-order chi connectivity index (χ1) is 12.2. The molecule has 5 nitrogen and oxygen atoms in total. The molecule has 0 radical (unpaired) electrons. The summed E-state index contributed by atoms with van der Waals surface area (Å²) in [4.78, 5) is 16.6. The number of nitrogens with one attached hydrogen (secondary N) is 1. The van der Waals surface area contributed by atoms with Crippen LogP contribution in [0.3, 0.4) is 0 Å². The maximum atomic E-state index is 12.4. The number of carbonyl (C=O) groups excluding carboxylic acids is 1. The molecule has 3 rings (SSSR count). The van der Waals surface area contributed by atoms with E-state index in [-0.39, 0.29) is 18.6 Å². The van der Waals surface area contributed by atoms with Crippen LogP contribution in [0.25, 0.3) is 0 Å². The number of amides is 1. The molecule has 1 saturated carbocycles. The van der Waals surface area contributed by atoms with Crippen LogP contribution in [0, 0.1) is 5.92 Å². The molecule has 132 valence electrons. The minimum atomic E-state index is -0.0978. The first-order valence-electron chi connectivity index (χ1n) is 8.79. The predicted octanol–water partition coefficient (Wildman–Crippen LogP) is 2.94. The van der Waals surface area contributed by atoms with Gasteiger partial charge in [0.1, 0.15) is 6.61 Å². The molecule has 0 atom stereocenters. The van der Waals surface area contributed by atoms with Gasteiger partial charge >= 0.3 is 0 Å². The Morgan fingerprint density at radius 2 is 1.92 bits per heavy atom. The van der Waals surface area contributed by atoms with Gasteiger partial charge in [0.15, 0.2) is 0 Å². The average molecular weight is 340 g/mol. The summed E-state index contributed by atoms with van der Waals surface area (Å²) >= 11 is 0. The SMILES string of the molecule is O=C(NC1CCC(CO)CC1)c1ccnc(OCc2ccccc2)c1. The fourth-order valence-electron chi connectivity index (χ4n) is 3.12. The second-order valence-electron chi connectivity index (χ2n) is 6.53. The maximum Gasteiger partial charge on any atom is 0.251 e. The van der Waals surface area contributed by atoms with E-state index in [9.17, 15) is 9.90 Å². The zero-order valence-electron chi connectivity index (χ0n) is 14.2. The van der Waals surface area contributed by atoms with Gasteiger partial charge in [0.25, 0.3) is 5.91 Å². The van der Waals surface area contributed by atoms with Gasteiger partial charge in [-0.25, -0.2) is 4.98 Å².